The summed E-state index contributed by atoms with van der Waals surface area (Å²) in [6, 6.07) is 1.99. The first kappa shape index (κ1) is 21.7. The minimum absolute atomic E-state index is 0.0673. The summed E-state index contributed by atoms with van der Waals surface area (Å²) in [5.74, 6) is -0.0770. The molecule has 1 amide bonds. The quantitative estimate of drug-likeness (QED) is 0.720. The highest BCUT2D eigenvalue weighted by Gasteiger charge is 2.28. The Hall–Kier alpha value is -1.97. The maximum absolute atomic E-state index is 12.8. The average Bonchev–Trinajstić information content (AvgIpc) is 3.32. The number of nitrogens with one attached hydrogen (secondary N) is 1. The number of sulfonamides is 1. The fourth-order valence-corrected chi connectivity index (χ4v) is 5.76. The third-order valence-electron chi connectivity index (χ3n) is 5.37. The molecule has 1 unspecified atom stereocenters. The molecule has 2 aromatic rings. The van der Waals surface area contributed by atoms with Crippen LogP contribution in [0, 0.1) is 27.7 Å². The van der Waals surface area contributed by atoms with Crippen molar-refractivity contribution in [1.82, 2.24) is 14.6 Å². The van der Waals surface area contributed by atoms with Gasteiger partial charge < -0.3 is 9.64 Å². The minimum Gasteiger partial charge on any atom is -0.465 e. The summed E-state index contributed by atoms with van der Waals surface area (Å²) in [7, 11) is -3.68. The van der Waals surface area contributed by atoms with Gasteiger partial charge in [-0.15, -0.1) is 0 Å². The zero-order valence-corrected chi connectivity index (χ0v) is 18.8. The number of rotatable bonds is 7. The SMILES string of the molecule is Cc1cc(C)c(C)c(S(=O)(=O)NCCC(=O)N2CCC(Oc3nccs3)C2)c1C. The molecule has 1 aromatic heterocycles. The van der Waals surface area contributed by atoms with Crippen molar-refractivity contribution in [2.75, 3.05) is 19.6 Å². The van der Waals surface area contributed by atoms with E-state index in [1.807, 2.05) is 39.1 Å². The van der Waals surface area contributed by atoms with Crippen molar-refractivity contribution in [1.29, 1.82) is 0 Å². The third-order valence-corrected chi connectivity index (χ3v) is 7.77. The molecule has 0 radical (unpaired) electrons. The van der Waals surface area contributed by atoms with E-state index in [9.17, 15) is 13.2 Å². The number of carbonyl (C=O) groups is 1. The molecular formula is C20H27N3O4S2. The number of benzene rings is 1. The summed E-state index contributed by atoms with van der Waals surface area (Å²) in [6.07, 6.45) is 2.48. The summed E-state index contributed by atoms with van der Waals surface area (Å²) in [5, 5.41) is 2.45. The second-order valence-electron chi connectivity index (χ2n) is 7.40. The van der Waals surface area contributed by atoms with Crippen molar-refractivity contribution in [3.8, 4) is 5.19 Å². The Kier molecular flexibility index (Phi) is 6.60. The number of thiazole rings is 1. The van der Waals surface area contributed by atoms with Gasteiger partial charge in [0.05, 0.1) is 11.4 Å². The number of aryl methyl sites for hydroxylation is 2. The van der Waals surface area contributed by atoms with Crippen molar-refractivity contribution in [3.63, 3.8) is 0 Å². The highest BCUT2D eigenvalue weighted by molar-refractivity contribution is 7.89. The number of ether oxygens (including phenoxy) is 1. The first-order valence-electron chi connectivity index (χ1n) is 9.60. The maximum atomic E-state index is 12.8. The molecule has 0 bridgehead atoms. The maximum Gasteiger partial charge on any atom is 0.273 e. The van der Waals surface area contributed by atoms with E-state index >= 15 is 0 Å². The van der Waals surface area contributed by atoms with Crippen LogP contribution in [0.5, 0.6) is 5.19 Å². The Bertz CT molecular complexity index is 961. The smallest absolute Gasteiger partial charge is 0.273 e. The normalized spacial score (nSPS) is 17.0. The van der Waals surface area contributed by atoms with Crippen molar-refractivity contribution >= 4 is 27.3 Å². The number of hydrogen-bond donors (Lipinski definition) is 1. The average molecular weight is 438 g/mol. The Morgan fingerprint density at radius 1 is 1.28 bits per heavy atom. The molecule has 158 valence electrons. The van der Waals surface area contributed by atoms with Crippen LogP contribution in [0.2, 0.25) is 0 Å². The van der Waals surface area contributed by atoms with E-state index in [-0.39, 0.29) is 25.0 Å². The first-order chi connectivity index (χ1) is 13.7. The summed E-state index contributed by atoms with van der Waals surface area (Å²) < 4.78 is 34.1. The van der Waals surface area contributed by atoms with Crippen molar-refractivity contribution in [3.05, 3.63) is 39.9 Å². The van der Waals surface area contributed by atoms with Crippen molar-refractivity contribution < 1.29 is 17.9 Å². The van der Waals surface area contributed by atoms with Gasteiger partial charge in [-0.2, -0.15) is 0 Å². The van der Waals surface area contributed by atoms with Crippen molar-refractivity contribution in [2.24, 2.45) is 0 Å². The minimum atomic E-state index is -3.68. The second-order valence-corrected chi connectivity index (χ2v) is 9.96. The lowest BCUT2D eigenvalue weighted by molar-refractivity contribution is -0.130. The lowest BCUT2D eigenvalue weighted by Gasteiger charge is -2.18. The molecule has 1 aliphatic heterocycles. The van der Waals surface area contributed by atoms with Gasteiger partial charge in [0.1, 0.15) is 6.10 Å². The van der Waals surface area contributed by atoms with Crippen LogP contribution < -0.4 is 9.46 Å². The fourth-order valence-electron chi connectivity index (χ4n) is 3.57. The molecule has 0 aliphatic carbocycles. The van der Waals surface area contributed by atoms with Crippen LogP contribution in [-0.2, 0) is 14.8 Å². The fraction of sp³-hybridized carbons (Fsp3) is 0.500. The van der Waals surface area contributed by atoms with Crippen LogP contribution in [0.3, 0.4) is 0 Å². The summed E-state index contributed by atoms with van der Waals surface area (Å²) in [6.45, 7) is 8.62. The molecule has 1 atom stereocenters. The molecular weight excluding hydrogens is 410 g/mol. The number of hydrogen-bond acceptors (Lipinski definition) is 6. The first-order valence-corrected chi connectivity index (χ1v) is 12.0. The molecule has 7 nitrogen and oxygen atoms in total. The van der Waals surface area contributed by atoms with Crippen LogP contribution in [0.15, 0.2) is 22.5 Å². The predicted molar refractivity (Wildman–Crippen MR) is 113 cm³/mol. The molecule has 0 saturated carbocycles. The van der Waals surface area contributed by atoms with Crippen LogP contribution >= 0.6 is 11.3 Å². The topological polar surface area (TPSA) is 88.6 Å². The van der Waals surface area contributed by atoms with E-state index < -0.39 is 10.0 Å². The molecule has 0 spiro atoms. The van der Waals surface area contributed by atoms with Gasteiger partial charge in [0, 0.05) is 37.5 Å². The molecule has 1 aliphatic rings. The van der Waals surface area contributed by atoms with Gasteiger partial charge in [-0.1, -0.05) is 17.4 Å². The number of aromatic nitrogens is 1. The standard InChI is InChI=1S/C20H27N3O4S2/c1-13-11-14(2)16(4)19(15(13)3)29(25,26)22-7-5-18(24)23-9-6-17(12-23)27-20-21-8-10-28-20/h8,10-11,17,22H,5-7,9,12H2,1-4H3. The Labute approximate surface area is 176 Å². The molecule has 2 heterocycles. The van der Waals surface area contributed by atoms with Gasteiger partial charge in [-0.3, -0.25) is 4.79 Å². The number of likely N-dealkylation sites (tertiary alicyclic amines) is 1. The molecule has 3 rings (SSSR count). The van der Waals surface area contributed by atoms with Gasteiger partial charge in [0.2, 0.25) is 15.9 Å². The summed E-state index contributed by atoms with van der Waals surface area (Å²) in [4.78, 5) is 18.6. The number of nitrogens with zero attached hydrogens (tertiary/aromatic N) is 2. The lowest BCUT2D eigenvalue weighted by atomic mass is 10.0. The van der Waals surface area contributed by atoms with Crippen LogP contribution in [0.4, 0.5) is 0 Å². The van der Waals surface area contributed by atoms with Crippen LogP contribution in [0.25, 0.3) is 0 Å². The molecule has 1 saturated heterocycles. The van der Waals surface area contributed by atoms with Gasteiger partial charge in [0.15, 0.2) is 0 Å². The van der Waals surface area contributed by atoms with Gasteiger partial charge in [0.25, 0.3) is 5.19 Å². The van der Waals surface area contributed by atoms with E-state index in [1.54, 1.807) is 11.1 Å². The van der Waals surface area contributed by atoms with E-state index in [1.165, 1.54) is 11.3 Å². The highest BCUT2D eigenvalue weighted by atomic mass is 32.2. The molecule has 1 aromatic carbocycles. The second kappa shape index (κ2) is 8.81. The molecule has 1 fully saturated rings. The molecule has 9 heteroatoms. The van der Waals surface area contributed by atoms with E-state index in [4.69, 9.17) is 4.74 Å². The van der Waals surface area contributed by atoms with E-state index in [0.717, 1.165) is 28.7 Å². The zero-order chi connectivity index (χ0) is 21.2. The molecule has 1 N–H and O–H groups in total. The zero-order valence-electron chi connectivity index (χ0n) is 17.2. The lowest BCUT2D eigenvalue weighted by Crippen LogP contribution is -2.34. The molecule has 29 heavy (non-hydrogen) atoms. The van der Waals surface area contributed by atoms with Gasteiger partial charge in [-0.05, 0) is 49.9 Å². The Balaban J connectivity index is 1.55. The van der Waals surface area contributed by atoms with E-state index in [2.05, 4.69) is 9.71 Å². The predicted octanol–water partition coefficient (Wildman–Crippen LogP) is 2.73. The van der Waals surface area contributed by atoms with Gasteiger partial charge >= 0.3 is 0 Å². The van der Waals surface area contributed by atoms with E-state index in [0.29, 0.717) is 23.2 Å². The highest BCUT2D eigenvalue weighted by Crippen LogP contribution is 2.26. The Morgan fingerprint density at radius 3 is 2.59 bits per heavy atom. The summed E-state index contributed by atoms with van der Waals surface area (Å²) >= 11 is 1.42. The Morgan fingerprint density at radius 2 is 1.97 bits per heavy atom. The van der Waals surface area contributed by atoms with Crippen molar-refractivity contribution in [2.45, 2.75) is 51.5 Å². The largest absolute Gasteiger partial charge is 0.465 e. The summed E-state index contributed by atoms with van der Waals surface area (Å²) in [5.41, 5.74) is 3.36. The van der Waals surface area contributed by atoms with Gasteiger partial charge in [-0.25, -0.2) is 18.1 Å². The van der Waals surface area contributed by atoms with Crippen LogP contribution in [-0.4, -0.2) is 49.9 Å². The third kappa shape index (κ3) is 4.96. The van der Waals surface area contributed by atoms with Crippen LogP contribution in [0.1, 0.15) is 35.1 Å². The number of amides is 1. The number of carbonyl (C=O) groups excluding carboxylic acids is 1. The monoisotopic (exact) mass is 437 g/mol.